The van der Waals surface area contributed by atoms with E-state index in [1.807, 2.05) is 0 Å². The molecule has 0 bridgehead atoms. The van der Waals surface area contributed by atoms with Crippen LogP contribution in [0.1, 0.15) is 41.0 Å². The summed E-state index contributed by atoms with van der Waals surface area (Å²) in [5, 5.41) is 3.43. The molecule has 0 aliphatic heterocycles. The van der Waals surface area contributed by atoms with Crippen molar-refractivity contribution in [2.45, 2.75) is 46.6 Å². The topological polar surface area (TPSA) is 12.0 Å². The van der Waals surface area contributed by atoms with Crippen molar-refractivity contribution in [3.05, 3.63) is 0 Å². The van der Waals surface area contributed by atoms with Gasteiger partial charge in [0.1, 0.15) is 0 Å². The lowest BCUT2D eigenvalue weighted by molar-refractivity contribution is 0.183. The average Bonchev–Trinajstić information content (AvgIpc) is 2.01. The maximum atomic E-state index is 3.43. The van der Waals surface area contributed by atoms with E-state index in [0.29, 0.717) is 11.5 Å². The van der Waals surface area contributed by atoms with Gasteiger partial charge in [0.2, 0.25) is 0 Å². The summed E-state index contributed by atoms with van der Waals surface area (Å²) in [7, 11) is 2.06. The first kappa shape index (κ1) is 11.0. The third kappa shape index (κ3) is 2.19. The van der Waals surface area contributed by atoms with Gasteiger partial charge in [0.25, 0.3) is 0 Å². The van der Waals surface area contributed by atoms with Gasteiger partial charge in [0.15, 0.2) is 0 Å². The molecular formula is C10H23N. The molecule has 0 saturated carbocycles. The van der Waals surface area contributed by atoms with Crippen LogP contribution in [-0.2, 0) is 0 Å². The average molecular weight is 157 g/mol. The third-order valence-corrected chi connectivity index (χ3v) is 3.37. The van der Waals surface area contributed by atoms with E-state index in [9.17, 15) is 0 Å². The molecule has 0 fully saturated rings. The van der Waals surface area contributed by atoms with Gasteiger partial charge in [0, 0.05) is 5.54 Å². The Hall–Kier alpha value is -0.0400. The molecule has 1 N–H and O–H groups in total. The van der Waals surface area contributed by atoms with Gasteiger partial charge in [-0.05, 0) is 25.8 Å². The minimum atomic E-state index is 0.300. The minimum Gasteiger partial charge on any atom is -0.314 e. The molecule has 0 heterocycles. The maximum absolute atomic E-state index is 3.43. The van der Waals surface area contributed by atoms with Crippen LogP contribution in [0.4, 0.5) is 0 Å². The molecule has 2 atom stereocenters. The highest BCUT2D eigenvalue weighted by molar-refractivity contribution is 4.89. The van der Waals surface area contributed by atoms with Crippen molar-refractivity contribution in [3.63, 3.8) is 0 Å². The second-order valence-electron chi connectivity index (χ2n) is 4.00. The minimum absolute atomic E-state index is 0.300. The van der Waals surface area contributed by atoms with Crippen LogP contribution in [0.3, 0.4) is 0 Å². The molecular weight excluding hydrogens is 134 g/mol. The number of rotatable bonds is 4. The molecule has 1 nitrogen and oxygen atoms in total. The third-order valence-electron chi connectivity index (χ3n) is 3.37. The zero-order valence-corrected chi connectivity index (χ0v) is 8.86. The monoisotopic (exact) mass is 157 g/mol. The van der Waals surface area contributed by atoms with Crippen molar-refractivity contribution in [2.24, 2.45) is 11.8 Å². The highest BCUT2D eigenvalue weighted by Crippen LogP contribution is 2.27. The van der Waals surface area contributed by atoms with Crippen molar-refractivity contribution in [3.8, 4) is 0 Å². The molecule has 0 saturated heterocycles. The molecule has 0 aliphatic carbocycles. The largest absolute Gasteiger partial charge is 0.314 e. The number of hydrogen-bond donors (Lipinski definition) is 1. The Morgan fingerprint density at radius 2 is 1.73 bits per heavy atom. The van der Waals surface area contributed by atoms with Gasteiger partial charge in [-0.1, -0.05) is 34.1 Å². The summed E-state index contributed by atoms with van der Waals surface area (Å²) < 4.78 is 0. The van der Waals surface area contributed by atoms with Gasteiger partial charge in [-0.15, -0.1) is 0 Å². The standard InChI is InChI=1S/C10H23N/c1-7-9(4)10(5,11-6)8(2)3/h8-9,11H,7H2,1-6H3. The Labute approximate surface area is 71.6 Å². The van der Waals surface area contributed by atoms with Gasteiger partial charge < -0.3 is 5.32 Å². The van der Waals surface area contributed by atoms with Crippen LogP contribution in [0, 0.1) is 11.8 Å². The van der Waals surface area contributed by atoms with Crippen LogP contribution < -0.4 is 5.32 Å². The fraction of sp³-hybridized carbons (Fsp3) is 1.00. The lowest BCUT2D eigenvalue weighted by Crippen LogP contribution is -2.49. The van der Waals surface area contributed by atoms with E-state index >= 15 is 0 Å². The van der Waals surface area contributed by atoms with Crippen molar-refractivity contribution >= 4 is 0 Å². The summed E-state index contributed by atoms with van der Waals surface area (Å²) in [6.45, 7) is 11.4. The molecule has 0 radical (unpaired) electrons. The summed E-state index contributed by atoms with van der Waals surface area (Å²) in [6, 6.07) is 0. The smallest absolute Gasteiger partial charge is 0.0198 e. The van der Waals surface area contributed by atoms with E-state index in [-0.39, 0.29) is 0 Å². The molecule has 0 aromatic heterocycles. The Morgan fingerprint density at radius 3 is 1.82 bits per heavy atom. The van der Waals surface area contributed by atoms with E-state index in [4.69, 9.17) is 0 Å². The maximum Gasteiger partial charge on any atom is 0.0198 e. The molecule has 0 aliphatic rings. The summed E-state index contributed by atoms with van der Waals surface area (Å²) >= 11 is 0. The van der Waals surface area contributed by atoms with Crippen LogP contribution >= 0.6 is 0 Å². The highest BCUT2D eigenvalue weighted by atomic mass is 14.9. The molecule has 0 aromatic carbocycles. The molecule has 1 heteroatoms. The number of hydrogen-bond acceptors (Lipinski definition) is 1. The summed E-state index contributed by atoms with van der Waals surface area (Å²) in [5.41, 5.74) is 0.300. The van der Waals surface area contributed by atoms with Crippen molar-refractivity contribution in [2.75, 3.05) is 7.05 Å². The predicted octanol–water partition coefficient (Wildman–Crippen LogP) is 2.67. The molecule has 0 rings (SSSR count). The predicted molar refractivity (Wildman–Crippen MR) is 51.8 cm³/mol. The summed E-state index contributed by atoms with van der Waals surface area (Å²) in [6.07, 6.45) is 1.25. The van der Waals surface area contributed by atoms with Crippen LogP contribution in [-0.4, -0.2) is 12.6 Å². The first-order valence-electron chi connectivity index (χ1n) is 4.67. The van der Waals surface area contributed by atoms with Crippen molar-refractivity contribution in [1.82, 2.24) is 5.32 Å². The van der Waals surface area contributed by atoms with E-state index < -0.39 is 0 Å². The first-order chi connectivity index (χ1) is 4.99. The highest BCUT2D eigenvalue weighted by Gasteiger charge is 2.31. The van der Waals surface area contributed by atoms with Crippen molar-refractivity contribution in [1.29, 1.82) is 0 Å². The Kier molecular flexibility index (Phi) is 4.09. The quantitative estimate of drug-likeness (QED) is 0.661. The zero-order valence-electron chi connectivity index (χ0n) is 8.86. The summed E-state index contributed by atoms with van der Waals surface area (Å²) in [4.78, 5) is 0. The van der Waals surface area contributed by atoms with Crippen LogP contribution in [0.15, 0.2) is 0 Å². The van der Waals surface area contributed by atoms with Gasteiger partial charge in [-0.3, -0.25) is 0 Å². The molecule has 2 unspecified atom stereocenters. The molecule has 0 amide bonds. The van der Waals surface area contributed by atoms with Crippen LogP contribution in [0.25, 0.3) is 0 Å². The lowest BCUT2D eigenvalue weighted by Gasteiger charge is -2.39. The Balaban J connectivity index is 4.32. The SMILES string of the molecule is CCC(C)C(C)(NC)C(C)C. The molecule has 0 aromatic rings. The normalized spacial score (nSPS) is 19.9. The molecule has 68 valence electrons. The van der Waals surface area contributed by atoms with E-state index in [2.05, 4.69) is 47.0 Å². The Morgan fingerprint density at radius 1 is 1.27 bits per heavy atom. The second kappa shape index (κ2) is 4.10. The van der Waals surface area contributed by atoms with Gasteiger partial charge in [0.05, 0.1) is 0 Å². The fourth-order valence-electron chi connectivity index (χ4n) is 1.53. The van der Waals surface area contributed by atoms with Crippen LogP contribution in [0.5, 0.6) is 0 Å². The fourth-order valence-corrected chi connectivity index (χ4v) is 1.53. The zero-order chi connectivity index (χ0) is 9.07. The van der Waals surface area contributed by atoms with Gasteiger partial charge >= 0.3 is 0 Å². The molecule has 11 heavy (non-hydrogen) atoms. The number of nitrogens with one attached hydrogen (secondary N) is 1. The van der Waals surface area contributed by atoms with E-state index in [0.717, 1.165) is 5.92 Å². The lowest BCUT2D eigenvalue weighted by atomic mass is 9.77. The van der Waals surface area contributed by atoms with Crippen molar-refractivity contribution < 1.29 is 0 Å². The summed E-state index contributed by atoms with van der Waals surface area (Å²) in [5.74, 6) is 1.44. The first-order valence-corrected chi connectivity index (χ1v) is 4.67. The van der Waals surface area contributed by atoms with E-state index in [1.54, 1.807) is 0 Å². The Bertz CT molecular complexity index is 109. The van der Waals surface area contributed by atoms with Crippen LogP contribution in [0.2, 0.25) is 0 Å². The second-order valence-corrected chi connectivity index (χ2v) is 4.00. The molecule has 0 spiro atoms. The van der Waals surface area contributed by atoms with Gasteiger partial charge in [-0.25, -0.2) is 0 Å². The van der Waals surface area contributed by atoms with Gasteiger partial charge in [-0.2, -0.15) is 0 Å². The van der Waals surface area contributed by atoms with E-state index in [1.165, 1.54) is 6.42 Å².